The topological polar surface area (TPSA) is 37.8 Å². The van der Waals surface area contributed by atoms with Crippen molar-refractivity contribution >= 4 is 17.3 Å². The van der Waals surface area contributed by atoms with Crippen LogP contribution < -0.4 is 5.32 Å². The third-order valence-corrected chi connectivity index (χ3v) is 3.29. The van der Waals surface area contributed by atoms with E-state index in [2.05, 4.69) is 15.5 Å². The van der Waals surface area contributed by atoms with Crippen molar-refractivity contribution < 1.29 is 0 Å². The fourth-order valence-corrected chi connectivity index (χ4v) is 2.42. The summed E-state index contributed by atoms with van der Waals surface area (Å²) in [6, 6.07) is 2.41. The van der Waals surface area contributed by atoms with E-state index in [0.717, 1.165) is 5.69 Å². The standard InChI is InChI=1S/C12H18ClN3/c13-12-8-11(9-14-16-12)15-10-6-4-2-1-3-5-7-10/h8-10H,1-7H2,(H,15,16). The molecule has 1 fully saturated rings. The predicted octanol–water partition coefficient (Wildman–Crippen LogP) is 3.65. The smallest absolute Gasteiger partial charge is 0.153 e. The minimum absolute atomic E-state index is 0.454. The Labute approximate surface area is 102 Å². The molecule has 0 unspecified atom stereocenters. The van der Waals surface area contributed by atoms with Crippen molar-refractivity contribution in [1.82, 2.24) is 10.2 Å². The average Bonchev–Trinajstić information content (AvgIpc) is 2.22. The van der Waals surface area contributed by atoms with E-state index in [1.165, 1.54) is 44.9 Å². The molecule has 16 heavy (non-hydrogen) atoms. The van der Waals surface area contributed by atoms with E-state index >= 15 is 0 Å². The molecule has 4 heteroatoms. The molecule has 1 aromatic rings. The second kappa shape index (κ2) is 6.04. The zero-order valence-corrected chi connectivity index (χ0v) is 10.2. The lowest BCUT2D eigenvalue weighted by Gasteiger charge is -2.21. The molecular formula is C12H18ClN3. The lowest BCUT2D eigenvalue weighted by molar-refractivity contribution is 0.471. The van der Waals surface area contributed by atoms with Gasteiger partial charge >= 0.3 is 0 Å². The Morgan fingerprint density at radius 2 is 1.81 bits per heavy atom. The van der Waals surface area contributed by atoms with E-state index in [0.29, 0.717) is 11.2 Å². The molecular weight excluding hydrogens is 222 g/mol. The first kappa shape index (κ1) is 11.6. The number of nitrogens with zero attached hydrogens (tertiary/aromatic N) is 2. The van der Waals surface area contributed by atoms with Crippen molar-refractivity contribution in [3.05, 3.63) is 17.4 Å². The molecule has 0 amide bonds. The van der Waals surface area contributed by atoms with Gasteiger partial charge in [-0.2, -0.15) is 5.10 Å². The summed E-state index contributed by atoms with van der Waals surface area (Å²) < 4.78 is 0. The molecule has 1 heterocycles. The van der Waals surface area contributed by atoms with Crippen LogP contribution in [0.25, 0.3) is 0 Å². The third kappa shape index (κ3) is 3.63. The number of hydrogen-bond donors (Lipinski definition) is 1. The van der Waals surface area contributed by atoms with Crippen molar-refractivity contribution in [3.63, 3.8) is 0 Å². The van der Waals surface area contributed by atoms with E-state index < -0.39 is 0 Å². The zero-order chi connectivity index (χ0) is 11.2. The third-order valence-electron chi connectivity index (χ3n) is 3.10. The number of anilines is 1. The van der Waals surface area contributed by atoms with Gasteiger partial charge in [0.15, 0.2) is 5.15 Å². The Morgan fingerprint density at radius 1 is 1.12 bits per heavy atom. The summed E-state index contributed by atoms with van der Waals surface area (Å²) in [5, 5.41) is 11.5. The van der Waals surface area contributed by atoms with Gasteiger partial charge in [0.1, 0.15) is 0 Å². The highest BCUT2D eigenvalue weighted by molar-refractivity contribution is 6.29. The molecule has 0 aromatic carbocycles. The van der Waals surface area contributed by atoms with E-state index in [-0.39, 0.29) is 0 Å². The molecule has 2 rings (SSSR count). The van der Waals surface area contributed by atoms with E-state index in [9.17, 15) is 0 Å². The number of halogens is 1. The van der Waals surface area contributed by atoms with Gasteiger partial charge in [-0.25, -0.2) is 0 Å². The van der Waals surface area contributed by atoms with E-state index in [1.807, 2.05) is 6.07 Å². The first-order valence-electron chi connectivity index (χ1n) is 6.09. The van der Waals surface area contributed by atoms with Crippen LogP contribution in [0.4, 0.5) is 5.69 Å². The van der Waals surface area contributed by atoms with Crippen LogP contribution in [0.15, 0.2) is 12.3 Å². The highest BCUT2D eigenvalue weighted by atomic mass is 35.5. The predicted molar refractivity (Wildman–Crippen MR) is 66.8 cm³/mol. The Morgan fingerprint density at radius 3 is 2.50 bits per heavy atom. The lowest BCUT2D eigenvalue weighted by atomic mass is 9.96. The van der Waals surface area contributed by atoms with Gasteiger partial charge in [-0.1, -0.05) is 43.7 Å². The molecule has 1 saturated carbocycles. The molecule has 3 nitrogen and oxygen atoms in total. The molecule has 0 atom stereocenters. The first-order valence-corrected chi connectivity index (χ1v) is 6.47. The van der Waals surface area contributed by atoms with Gasteiger partial charge in [0.2, 0.25) is 0 Å². The summed E-state index contributed by atoms with van der Waals surface area (Å²) in [6.45, 7) is 0. The van der Waals surface area contributed by atoms with Gasteiger partial charge in [0.05, 0.1) is 11.9 Å². The molecule has 0 spiro atoms. The Kier molecular flexibility index (Phi) is 4.40. The quantitative estimate of drug-likeness (QED) is 0.856. The van der Waals surface area contributed by atoms with Crippen molar-refractivity contribution in [1.29, 1.82) is 0 Å². The Bertz CT molecular complexity index is 322. The summed E-state index contributed by atoms with van der Waals surface area (Å²) in [4.78, 5) is 0. The molecule has 1 N–H and O–H groups in total. The molecule has 88 valence electrons. The van der Waals surface area contributed by atoms with Gasteiger partial charge in [0, 0.05) is 12.1 Å². The maximum absolute atomic E-state index is 5.81. The monoisotopic (exact) mass is 239 g/mol. The number of rotatable bonds is 2. The van der Waals surface area contributed by atoms with Crippen LogP contribution in [0.3, 0.4) is 0 Å². The summed E-state index contributed by atoms with van der Waals surface area (Å²) in [7, 11) is 0. The van der Waals surface area contributed by atoms with Gasteiger partial charge in [-0.3, -0.25) is 0 Å². The van der Waals surface area contributed by atoms with Crippen LogP contribution in [0.5, 0.6) is 0 Å². The second-order valence-corrected chi connectivity index (χ2v) is 4.84. The SMILES string of the molecule is Clc1cc(NC2CCCCCCC2)cnn1. The van der Waals surface area contributed by atoms with Crippen LogP contribution in [-0.4, -0.2) is 16.2 Å². The fraction of sp³-hybridized carbons (Fsp3) is 0.667. The van der Waals surface area contributed by atoms with Gasteiger partial charge in [-0.05, 0) is 12.8 Å². The van der Waals surface area contributed by atoms with Crippen LogP contribution in [0.1, 0.15) is 44.9 Å². The van der Waals surface area contributed by atoms with Crippen molar-refractivity contribution in [2.24, 2.45) is 0 Å². The molecule has 1 aliphatic rings. The average molecular weight is 240 g/mol. The summed E-state index contributed by atoms with van der Waals surface area (Å²) >= 11 is 5.81. The molecule has 0 radical (unpaired) electrons. The number of nitrogens with one attached hydrogen (secondary N) is 1. The minimum atomic E-state index is 0.454. The highest BCUT2D eigenvalue weighted by Gasteiger charge is 2.11. The maximum Gasteiger partial charge on any atom is 0.153 e. The molecule has 1 aliphatic carbocycles. The van der Waals surface area contributed by atoms with E-state index in [4.69, 9.17) is 11.6 Å². The largest absolute Gasteiger partial charge is 0.381 e. The van der Waals surface area contributed by atoms with Gasteiger partial charge < -0.3 is 5.32 Å². The number of hydrogen-bond acceptors (Lipinski definition) is 3. The van der Waals surface area contributed by atoms with Crippen molar-refractivity contribution in [2.45, 2.75) is 51.0 Å². The Balaban J connectivity index is 1.91. The summed E-state index contributed by atoms with van der Waals surface area (Å²) in [5.74, 6) is 0. The van der Waals surface area contributed by atoms with Gasteiger partial charge in [0.25, 0.3) is 0 Å². The summed E-state index contributed by atoms with van der Waals surface area (Å²) in [6.07, 6.45) is 11.0. The fourth-order valence-electron chi connectivity index (χ4n) is 2.26. The normalized spacial score (nSPS) is 18.8. The molecule has 0 aliphatic heterocycles. The highest BCUT2D eigenvalue weighted by Crippen LogP contribution is 2.21. The molecule has 0 bridgehead atoms. The van der Waals surface area contributed by atoms with Crippen LogP contribution in [-0.2, 0) is 0 Å². The zero-order valence-electron chi connectivity index (χ0n) is 9.45. The minimum Gasteiger partial charge on any atom is -0.381 e. The molecule has 0 saturated heterocycles. The van der Waals surface area contributed by atoms with Crippen LogP contribution >= 0.6 is 11.6 Å². The van der Waals surface area contributed by atoms with Gasteiger partial charge in [-0.15, -0.1) is 5.10 Å². The lowest BCUT2D eigenvalue weighted by Crippen LogP contribution is -2.20. The number of aromatic nitrogens is 2. The van der Waals surface area contributed by atoms with Crippen molar-refractivity contribution in [2.75, 3.05) is 5.32 Å². The Hall–Kier alpha value is -0.830. The van der Waals surface area contributed by atoms with Crippen LogP contribution in [0, 0.1) is 0 Å². The second-order valence-electron chi connectivity index (χ2n) is 4.45. The first-order chi connectivity index (χ1) is 7.84. The van der Waals surface area contributed by atoms with Crippen molar-refractivity contribution in [3.8, 4) is 0 Å². The van der Waals surface area contributed by atoms with E-state index in [1.54, 1.807) is 6.20 Å². The summed E-state index contributed by atoms with van der Waals surface area (Å²) in [5.41, 5.74) is 0.991. The maximum atomic E-state index is 5.81. The molecule has 1 aromatic heterocycles. The van der Waals surface area contributed by atoms with Crippen LogP contribution in [0.2, 0.25) is 5.15 Å².